The second kappa shape index (κ2) is 5.85. The van der Waals surface area contributed by atoms with Crippen LogP contribution in [-0.4, -0.2) is 19.2 Å². The first kappa shape index (κ1) is 12.2. The van der Waals surface area contributed by atoms with Crippen molar-refractivity contribution in [2.75, 3.05) is 13.2 Å². The molecule has 0 amide bonds. The normalized spacial score (nSPS) is 27.8. The zero-order valence-corrected chi connectivity index (χ0v) is 11.0. The SMILES string of the molecule is c1ccc2c(c1)CCCC2OCC1CCCCN1. The van der Waals surface area contributed by atoms with E-state index < -0.39 is 0 Å². The molecule has 3 rings (SSSR count). The molecule has 0 saturated carbocycles. The first-order chi connectivity index (χ1) is 8.93. The fraction of sp³-hybridized carbons (Fsp3) is 0.625. The molecular formula is C16H23NO. The molecule has 2 aliphatic rings. The van der Waals surface area contributed by atoms with Crippen molar-refractivity contribution in [3.05, 3.63) is 35.4 Å². The van der Waals surface area contributed by atoms with Crippen molar-refractivity contribution in [3.63, 3.8) is 0 Å². The van der Waals surface area contributed by atoms with Crippen molar-refractivity contribution in [2.24, 2.45) is 0 Å². The zero-order chi connectivity index (χ0) is 12.2. The van der Waals surface area contributed by atoms with Crippen LogP contribution in [0.4, 0.5) is 0 Å². The number of piperidine rings is 1. The average Bonchev–Trinajstić information content (AvgIpc) is 2.46. The first-order valence-corrected chi connectivity index (χ1v) is 7.36. The predicted molar refractivity (Wildman–Crippen MR) is 73.7 cm³/mol. The number of benzene rings is 1. The highest BCUT2D eigenvalue weighted by Crippen LogP contribution is 2.32. The van der Waals surface area contributed by atoms with Crippen LogP contribution in [0.15, 0.2) is 24.3 Å². The topological polar surface area (TPSA) is 21.3 Å². The van der Waals surface area contributed by atoms with Gasteiger partial charge in [-0.3, -0.25) is 0 Å². The lowest BCUT2D eigenvalue weighted by molar-refractivity contribution is 0.0225. The standard InChI is InChI=1S/C16H23NO/c1-2-9-15-13(6-1)7-5-10-16(15)18-12-14-8-3-4-11-17-14/h1-2,6,9,14,16-17H,3-5,7-8,10-12H2. The van der Waals surface area contributed by atoms with Crippen molar-refractivity contribution in [3.8, 4) is 0 Å². The van der Waals surface area contributed by atoms with Crippen LogP contribution in [0.2, 0.25) is 0 Å². The molecule has 18 heavy (non-hydrogen) atoms. The van der Waals surface area contributed by atoms with Crippen LogP contribution >= 0.6 is 0 Å². The fourth-order valence-corrected chi connectivity index (χ4v) is 3.18. The van der Waals surface area contributed by atoms with E-state index in [9.17, 15) is 0 Å². The Morgan fingerprint density at radius 2 is 2.06 bits per heavy atom. The van der Waals surface area contributed by atoms with E-state index in [0.29, 0.717) is 12.1 Å². The molecule has 1 heterocycles. The molecule has 2 unspecified atom stereocenters. The minimum Gasteiger partial charge on any atom is -0.372 e. The fourth-order valence-electron chi connectivity index (χ4n) is 3.18. The van der Waals surface area contributed by atoms with Crippen molar-refractivity contribution in [2.45, 2.75) is 50.7 Å². The maximum atomic E-state index is 6.19. The Morgan fingerprint density at radius 3 is 2.94 bits per heavy atom. The third-order valence-electron chi connectivity index (χ3n) is 4.23. The average molecular weight is 245 g/mol. The lowest BCUT2D eigenvalue weighted by Crippen LogP contribution is -2.38. The summed E-state index contributed by atoms with van der Waals surface area (Å²) in [4.78, 5) is 0. The second-order valence-electron chi connectivity index (χ2n) is 5.56. The summed E-state index contributed by atoms with van der Waals surface area (Å²) >= 11 is 0. The second-order valence-corrected chi connectivity index (χ2v) is 5.56. The van der Waals surface area contributed by atoms with Gasteiger partial charge in [-0.25, -0.2) is 0 Å². The molecule has 0 radical (unpaired) electrons. The van der Waals surface area contributed by atoms with Crippen molar-refractivity contribution in [1.29, 1.82) is 0 Å². The van der Waals surface area contributed by atoms with Crippen LogP contribution in [0.25, 0.3) is 0 Å². The molecule has 0 bridgehead atoms. The molecule has 0 spiro atoms. The molecule has 1 N–H and O–H groups in total. The number of ether oxygens (including phenoxy) is 1. The zero-order valence-electron chi connectivity index (χ0n) is 11.0. The quantitative estimate of drug-likeness (QED) is 0.883. The van der Waals surface area contributed by atoms with Crippen LogP contribution in [0.1, 0.15) is 49.3 Å². The highest BCUT2D eigenvalue weighted by atomic mass is 16.5. The molecule has 2 nitrogen and oxygen atoms in total. The Bertz CT molecular complexity index is 384. The number of rotatable bonds is 3. The smallest absolute Gasteiger partial charge is 0.0828 e. The van der Waals surface area contributed by atoms with Crippen LogP contribution < -0.4 is 5.32 Å². The van der Waals surface area contributed by atoms with Gasteiger partial charge in [-0.2, -0.15) is 0 Å². The van der Waals surface area contributed by atoms with Crippen molar-refractivity contribution >= 4 is 0 Å². The largest absolute Gasteiger partial charge is 0.372 e. The van der Waals surface area contributed by atoms with Crippen LogP contribution in [-0.2, 0) is 11.2 Å². The van der Waals surface area contributed by atoms with Crippen LogP contribution in [0.3, 0.4) is 0 Å². The van der Waals surface area contributed by atoms with E-state index in [2.05, 4.69) is 29.6 Å². The summed E-state index contributed by atoms with van der Waals surface area (Å²) in [5, 5.41) is 3.56. The monoisotopic (exact) mass is 245 g/mol. The van der Waals surface area contributed by atoms with Gasteiger partial charge in [-0.1, -0.05) is 30.7 Å². The van der Waals surface area contributed by atoms with E-state index in [-0.39, 0.29) is 0 Å². The molecule has 2 heteroatoms. The van der Waals surface area contributed by atoms with Gasteiger partial charge in [-0.15, -0.1) is 0 Å². The highest BCUT2D eigenvalue weighted by molar-refractivity contribution is 5.31. The third-order valence-corrected chi connectivity index (χ3v) is 4.23. The molecule has 2 atom stereocenters. The molecule has 1 aliphatic carbocycles. The summed E-state index contributed by atoms with van der Waals surface area (Å²) in [6.07, 6.45) is 7.94. The molecular weight excluding hydrogens is 222 g/mol. The number of nitrogens with one attached hydrogen (secondary N) is 1. The van der Waals surface area contributed by atoms with Crippen LogP contribution in [0, 0.1) is 0 Å². The lowest BCUT2D eigenvalue weighted by Gasteiger charge is -2.29. The van der Waals surface area contributed by atoms with E-state index >= 15 is 0 Å². The van der Waals surface area contributed by atoms with Crippen molar-refractivity contribution in [1.82, 2.24) is 5.32 Å². The Labute approximate surface area is 110 Å². The molecule has 1 aromatic carbocycles. The van der Waals surface area contributed by atoms with Gasteiger partial charge in [0, 0.05) is 6.04 Å². The molecule has 1 aromatic rings. The first-order valence-electron chi connectivity index (χ1n) is 7.36. The Hall–Kier alpha value is -0.860. The van der Waals surface area contributed by atoms with Crippen molar-refractivity contribution < 1.29 is 4.74 Å². The summed E-state index contributed by atoms with van der Waals surface area (Å²) in [7, 11) is 0. The minimum absolute atomic E-state index is 0.332. The van der Waals surface area contributed by atoms with Gasteiger partial charge in [0.25, 0.3) is 0 Å². The molecule has 98 valence electrons. The number of fused-ring (bicyclic) bond motifs is 1. The highest BCUT2D eigenvalue weighted by Gasteiger charge is 2.22. The Kier molecular flexibility index (Phi) is 3.96. The Morgan fingerprint density at radius 1 is 1.11 bits per heavy atom. The molecule has 1 fully saturated rings. The van der Waals surface area contributed by atoms with Gasteiger partial charge in [0.15, 0.2) is 0 Å². The third kappa shape index (κ3) is 2.76. The maximum Gasteiger partial charge on any atom is 0.0828 e. The van der Waals surface area contributed by atoms with Gasteiger partial charge in [-0.05, 0) is 49.8 Å². The molecule has 1 aliphatic heterocycles. The van der Waals surface area contributed by atoms with Crippen LogP contribution in [0.5, 0.6) is 0 Å². The summed E-state index contributed by atoms with van der Waals surface area (Å²) < 4.78 is 6.19. The maximum absolute atomic E-state index is 6.19. The number of hydrogen-bond donors (Lipinski definition) is 1. The van der Waals surface area contributed by atoms with Gasteiger partial charge in [0.1, 0.15) is 0 Å². The van der Waals surface area contributed by atoms with E-state index in [1.54, 1.807) is 0 Å². The van der Waals surface area contributed by atoms with E-state index in [4.69, 9.17) is 4.74 Å². The van der Waals surface area contributed by atoms with Gasteiger partial charge in [0.05, 0.1) is 12.7 Å². The predicted octanol–water partition coefficient (Wildman–Crippen LogP) is 3.22. The summed E-state index contributed by atoms with van der Waals surface area (Å²) in [6, 6.07) is 9.35. The summed E-state index contributed by atoms with van der Waals surface area (Å²) in [5.74, 6) is 0. The van der Waals surface area contributed by atoms with E-state index in [0.717, 1.165) is 13.2 Å². The molecule has 0 aromatic heterocycles. The number of aryl methyl sites for hydroxylation is 1. The van der Waals surface area contributed by atoms with Gasteiger partial charge in [0.2, 0.25) is 0 Å². The van der Waals surface area contributed by atoms with E-state index in [1.807, 2.05) is 0 Å². The molecule has 1 saturated heterocycles. The van der Waals surface area contributed by atoms with Gasteiger partial charge < -0.3 is 10.1 Å². The number of hydrogen-bond acceptors (Lipinski definition) is 2. The van der Waals surface area contributed by atoms with Gasteiger partial charge >= 0.3 is 0 Å². The Balaban J connectivity index is 1.60. The summed E-state index contributed by atoms with van der Waals surface area (Å²) in [6.45, 7) is 2.04. The lowest BCUT2D eigenvalue weighted by atomic mass is 9.89. The summed E-state index contributed by atoms with van der Waals surface area (Å²) in [5.41, 5.74) is 2.92. The minimum atomic E-state index is 0.332. The van der Waals surface area contributed by atoms with E-state index in [1.165, 1.54) is 49.7 Å².